The maximum Gasteiger partial charge on any atom is 0.0482 e. The summed E-state index contributed by atoms with van der Waals surface area (Å²) in [6, 6.07) is 4.75. The van der Waals surface area contributed by atoms with E-state index in [2.05, 4.69) is 57.3 Å². The Morgan fingerprint density at radius 1 is 1.40 bits per heavy atom. The van der Waals surface area contributed by atoms with Crippen LogP contribution in [0.25, 0.3) is 0 Å². The number of nitrogens with zero attached hydrogens (tertiary/aromatic N) is 2. The van der Waals surface area contributed by atoms with Crippen LogP contribution in [0.4, 0.5) is 0 Å². The normalized spacial score (nSPS) is 20.2. The van der Waals surface area contributed by atoms with E-state index in [1.54, 1.807) is 0 Å². The first-order valence-corrected chi connectivity index (χ1v) is 7.89. The number of nitrogens with one attached hydrogen (secondary N) is 1. The van der Waals surface area contributed by atoms with Crippen molar-refractivity contribution >= 4 is 0 Å². The Morgan fingerprint density at radius 2 is 2.10 bits per heavy atom. The first-order valence-electron chi connectivity index (χ1n) is 7.89. The molecule has 2 rings (SSSR count). The molecular formula is C17H29N3. The van der Waals surface area contributed by atoms with E-state index in [4.69, 9.17) is 4.98 Å². The summed E-state index contributed by atoms with van der Waals surface area (Å²) in [5, 5.41) is 3.63. The quantitative estimate of drug-likeness (QED) is 0.865. The molecule has 1 N–H and O–H groups in total. The van der Waals surface area contributed by atoms with Gasteiger partial charge in [-0.25, -0.2) is 0 Å². The molecule has 0 aliphatic heterocycles. The van der Waals surface area contributed by atoms with Crippen molar-refractivity contribution in [3.63, 3.8) is 0 Å². The molecule has 1 aliphatic rings. The van der Waals surface area contributed by atoms with Crippen molar-refractivity contribution in [2.24, 2.45) is 0 Å². The largest absolute Gasteiger partial charge is 0.315 e. The minimum Gasteiger partial charge on any atom is -0.315 e. The maximum atomic E-state index is 4.69. The van der Waals surface area contributed by atoms with Gasteiger partial charge < -0.3 is 10.2 Å². The number of pyridine rings is 1. The van der Waals surface area contributed by atoms with Crippen LogP contribution in [0.5, 0.6) is 0 Å². The molecule has 2 unspecified atom stereocenters. The lowest BCUT2D eigenvalue weighted by Crippen LogP contribution is -2.59. The molecule has 0 fully saturated rings. The van der Waals surface area contributed by atoms with E-state index >= 15 is 0 Å². The van der Waals surface area contributed by atoms with Gasteiger partial charge >= 0.3 is 0 Å². The van der Waals surface area contributed by atoms with E-state index in [1.165, 1.54) is 24.1 Å². The zero-order chi connectivity index (χ0) is 14.8. The standard InChI is InChI=1S/C17H29N3/c1-6-17(7-2,20(4)5)16(18-3)14-11-10-13-9-8-12-19-15(13)14/h8-9,12,14,16,18H,6-7,10-11H2,1-5H3. The van der Waals surface area contributed by atoms with E-state index in [0.717, 1.165) is 12.8 Å². The zero-order valence-corrected chi connectivity index (χ0v) is 13.6. The van der Waals surface area contributed by atoms with Crippen LogP contribution in [0.1, 0.15) is 50.3 Å². The first-order chi connectivity index (χ1) is 9.60. The van der Waals surface area contributed by atoms with Gasteiger partial charge in [0.05, 0.1) is 0 Å². The molecular weight excluding hydrogens is 246 g/mol. The second-order valence-corrected chi connectivity index (χ2v) is 6.16. The highest BCUT2D eigenvalue weighted by Gasteiger charge is 2.44. The van der Waals surface area contributed by atoms with Crippen molar-refractivity contribution in [1.29, 1.82) is 0 Å². The lowest BCUT2D eigenvalue weighted by Gasteiger charge is -2.47. The molecule has 0 saturated carbocycles. The Hall–Kier alpha value is -0.930. The summed E-state index contributed by atoms with van der Waals surface area (Å²) in [5.41, 5.74) is 2.95. The van der Waals surface area contributed by atoms with Gasteiger partial charge in [-0.1, -0.05) is 19.9 Å². The fourth-order valence-electron chi connectivity index (χ4n) is 4.21. The summed E-state index contributed by atoms with van der Waals surface area (Å²) in [6.45, 7) is 4.62. The third-order valence-electron chi connectivity index (χ3n) is 5.41. The number of hydrogen-bond donors (Lipinski definition) is 1. The third kappa shape index (κ3) is 2.38. The lowest BCUT2D eigenvalue weighted by molar-refractivity contribution is 0.0781. The predicted molar refractivity (Wildman–Crippen MR) is 85.1 cm³/mol. The fourth-order valence-corrected chi connectivity index (χ4v) is 4.21. The van der Waals surface area contributed by atoms with Crippen molar-refractivity contribution in [3.8, 4) is 0 Å². The van der Waals surface area contributed by atoms with Gasteiger partial charge in [-0.05, 0) is 58.5 Å². The smallest absolute Gasteiger partial charge is 0.0482 e. The molecule has 112 valence electrons. The van der Waals surface area contributed by atoms with Crippen LogP contribution >= 0.6 is 0 Å². The van der Waals surface area contributed by atoms with Crippen LogP contribution in [0.3, 0.4) is 0 Å². The number of likely N-dealkylation sites (N-methyl/N-ethyl adjacent to an activating group) is 2. The molecule has 3 heteroatoms. The van der Waals surface area contributed by atoms with E-state index in [1.807, 2.05) is 6.20 Å². The van der Waals surface area contributed by atoms with E-state index in [0.29, 0.717) is 12.0 Å². The molecule has 0 bridgehead atoms. The lowest BCUT2D eigenvalue weighted by atomic mass is 9.75. The summed E-state index contributed by atoms with van der Waals surface area (Å²) >= 11 is 0. The Balaban J connectivity index is 2.38. The Bertz CT molecular complexity index is 438. The molecule has 0 radical (unpaired) electrons. The summed E-state index contributed by atoms with van der Waals surface area (Å²) in [6.07, 6.45) is 6.64. The summed E-state index contributed by atoms with van der Waals surface area (Å²) < 4.78 is 0. The van der Waals surface area contributed by atoms with E-state index in [-0.39, 0.29) is 5.54 Å². The van der Waals surface area contributed by atoms with Gasteiger partial charge in [0, 0.05) is 29.4 Å². The topological polar surface area (TPSA) is 28.2 Å². The van der Waals surface area contributed by atoms with Crippen LogP contribution in [0.15, 0.2) is 18.3 Å². The molecule has 20 heavy (non-hydrogen) atoms. The second kappa shape index (κ2) is 6.23. The minimum atomic E-state index is 0.193. The Labute approximate surface area is 123 Å². The van der Waals surface area contributed by atoms with E-state index in [9.17, 15) is 0 Å². The number of rotatable bonds is 6. The summed E-state index contributed by atoms with van der Waals surface area (Å²) in [4.78, 5) is 7.10. The molecule has 1 heterocycles. The molecule has 3 nitrogen and oxygen atoms in total. The van der Waals surface area contributed by atoms with Gasteiger partial charge in [0.25, 0.3) is 0 Å². The van der Waals surface area contributed by atoms with Crippen molar-refractivity contribution in [3.05, 3.63) is 29.6 Å². The average molecular weight is 275 g/mol. The van der Waals surface area contributed by atoms with Crippen LogP contribution in [-0.2, 0) is 6.42 Å². The van der Waals surface area contributed by atoms with Gasteiger partial charge in [0.2, 0.25) is 0 Å². The van der Waals surface area contributed by atoms with Crippen LogP contribution in [0, 0.1) is 0 Å². The maximum absolute atomic E-state index is 4.69. The Kier molecular flexibility index (Phi) is 4.82. The van der Waals surface area contributed by atoms with Gasteiger partial charge in [-0.2, -0.15) is 0 Å². The highest BCUT2D eigenvalue weighted by Crippen LogP contribution is 2.40. The average Bonchev–Trinajstić information content (AvgIpc) is 2.88. The molecule has 1 aromatic rings. The van der Waals surface area contributed by atoms with Crippen molar-refractivity contribution < 1.29 is 0 Å². The molecule has 0 saturated heterocycles. The van der Waals surface area contributed by atoms with Crippen molar-refractivity contribution in [1.82, 2.24) is 15.2 Å². The number of fused-ring (bicyclic) bond motifs is 1. The molecule has 0 aromatic carbocycles. The minimum absolute atomic E-state index is 0.193. The summed E-state index contributed by atoms with van der Waals surface area (Å²) in [7, 11) is 6.53. The fraction of sp³-hybridized carbons (Fsp3) is 0.706. The summed E-state index contributed by atoms with van der Waals surface area (Å²) in [5.74, 6) is 0.526. The monoisotopic (exact) mass is 275 g/mol. The first kappa shape index (κ1) is 15.5. The Morgan fingerprint density at radius 3 is 2.65 bits per heavy atom. The van der Waals surface area contributed by atoms with Gasteiger partial charge in [0.1, 0.15) is 0 Å². The van der Waals surface area contributed by atoms with Crippen LogP contribution < -0.4 is 5.32 Å². The molecule has 0 spiro atoms. The molecule has 2 atom stereocenters. The van der Waals surface area contributed by atoms with Crippen molar-refractivity contribution in [2.75, 3.05) is 21.1 Å². The molecule has 1 aromatic heterocycles. The second-order valence-electron chi connectivity index (χ2n) is 6.16. The zero-order valence-electron chi connectivity index (χ0n) is 13.6. The van der Waals surface area contributed by atoms with Crippen molar-refractivity contribution in [2.45, 2.75) is 57.0 Å². The SMILES string of the molecule is CCC(CC)(C(NC)C1CCc2cccnc21)N(C)C. The van der Waals surface area contributed by atoms with Gasteiger partial charge in [-0.3, -0.25) is 4.98 Å². The van der Waals surface area contributed by atoms with Gasteiger partial charge in [0.15, 0.2) is 0 Å². The predicted octanol–water partition coefficient (Wildman–Crippen LogP) is 2.82. The number of hydrogen-bond acceptors (Lipinski definition) is 3. The number of aryl methyl sites for hydroxylation is 1. The third-order valence-corrected chi connectivity index (χ3v) is 5.41. The highest BCUT2D eigenvalue weighted by atomic mass is 15.2. The molecule has 1 aliphatic carbocycles. The van der Waals surface area contributed by atoms with Crippen LogP contribution in [-0.4, -0.2) is 42.6 Å². The van der Waals surface area contributed by atoms with Gasteiger partial charge in [-0.15, -0.1) is 0 Å². The number of aromatic nitrogens is 1. The van der Waals surface area contributed by atoms with Crippen LogP contribution in [0.2, 0.25) is 0 Å². The highest BCUT2D eigenvalue weighted by molar-refractivity contribution is 5.31. The van der Waals surface area contributed by atoms with E-state index < -0.39 is 0 Å². The molecule has 0 amide bonds.